The quantitative estimate of drug-likeness (QED) is 0.380. The minimum atomic E-state index is -0.862. The number of hydrogen-bond donors (Lipinski definition) is 0. The lowest BCUT2D eigenvalue weighted by Crippen LogP contribution is -2.21. The third-order valence-corrected chi connectivity index (χ3v) is 4.64. The highest BCUT2D eigenvalue weighted by atomic mass is 16.5. The summed E-state index contributed by atoms with van der Waals surface area (Å²) < 4.78 is 10.6. The van der Waals surface area contributed by atoms with Crippen molar-refractivity contribution in [2.45, 2.75) is 0 Å². The molecule has 0 spiro atoms. The maximum Gasteiger partial charge on any atom is 0.348 e. The summed E-state index contributed by atoms with van der Waals surface area (Å²) in [6.07, 6.45) is 0. The Labute approximate surface area is 166 Å². The van der Waals surface area contributed by atoms with E-state index in [0.29, 0.717) is 22.3 Å². The van der Waals surface area contributed by atoms with Crippen LogP contribution in [0.4, 0.5) is 0 Å². The number of fused-ring (bicyclic) bond motifs is 1. The fourth-order valence-electron chi connectivity index (χ4n) is 3.22. The van der Waals surface area contributed by atoms with Gasteiger partial charge >= 0.3 is 5.63 Å². The Bertz CT molecular complexity index is 1270. The molecule has 0 saturated carbocycles. The van der Waals surface area contributed by atoms with Crippen molar-refractivity contribution < 1.29 is 18.7 Å². The summed E-state index contributed by atoms with van der Waals surface area (Å²) in [6.45, 7) is 0. The van der Waals surface area contributed by atoms with Gasteiger partial charge < -0.3 is 9.15 Å². The number of ether oxygens (including phenoxy) is 1. The van der Waals surface area contributed by atoms with Gasteiger partial charge in [0.2, 0.25) is 5.78 Å². The fourth-order valence-corrected chi connectivity index (χ4v) is 3.22. The predicted octanol–water partition coefficient (Wildman–Crippen LogP) is 4.26. The lowest BCUT2D eigenvalue weighted by molar-refractivity contribution is 0.100. The molecule has 1 aromatic heterocycles. The third kappa shape index (κ3) is 3.34. The van der Waals surface area contributed by atoms with Crippen molar-refractivity contribution >= 4 is 22.5 Å². The van der Waals surface area contributed by atoms with Gasteiger partial charge in [0.05, 0.1) is 12.7 Å². The van der Waals surface area contributed by atoms with Crippen LogP contribution in [0.25, 0.3) is 11.0 Å². The number of benzene rings is 3. The molecule has 0 radical (unpaired) electrons. The minimum absolute atomic E-state index is 0.0268. The molecule has 0 aliphatic heterocycles. The molecule has 1 heterocycles. The Morgan fingerprint density at radius 2 is 1.31 bits per heavy atom. The topological polar surface area (TPSA) is 73.6 Å². The largest absolute Gasteiger partial charge is 0.497 e. The summed E-state index contributed by atoms with van der Waals surface area (Å²) in [7, 11) is 1.49. The smallest absolute Gasteiger partial charge is 0.348 e. The van der Waals surface area contributed by atoms with Crippen molar-refractivity contribution in [1.29, 1.82) is 0 Å². The van der Waals surface area contributed by atoms with Gasteiger partial charge in [-0.1, -0.05) is 60.7 Å². The van der Waals surface area contributed by atoms with E-state index in [4.69, 9.17) is 9.15 Å². The van der Waals surface area contributed by atoms with Gasteiger partial charge in [-0.2, -0.15) is 0 Å². The minimum Gasteiger partial charge on any atom is -0.497 e. The molecule has 142 valence electrons. The number of methoxy groups -OCH3 is 1. The molecule has 0 atom stereocenters. The number of hydrogen-bond acceptors (Lipinski definition) is 5. The maximum absolute atomic E-state index is 13.4. The van der Waals surface area contributed by atoms with Crippen LogP contribution < -0.4 is 10.4 Å². The van der Waals surface area contributed by atoms with E-state index in [1.54, 1.807) is 72.8 Å². The molecule has 3 aromatic carbocycles. The Morgan fingerprint density at radius 1 is 0.759 bits per heavy atom. The van der Waals surface area contributed by atoms with E-state index in [-0.39, 0.29) is 16.7 Å². The summed E-state index contributed by atoms with van der Waals surface area (Å²) in [6, 6.07) is 21.7. The zero-order valence-corrected chi connectivity index (χ0v) is 15.5. The average Bonchev–Trinajstić information content (AvgIpc) is 2.78. The molecule has 0 amide bonds. The first kappa shape index (κ1) is 18.4. The Morgan fingerprint density at radius 3 is 1.86 bits per heavy atom. The molecular weight excluding hydrogens is 368 g/mol. The summed E-state index contributed by atoms with van der Waals surface area (Å²) in [5, 5.41) is 0.374. The van der Waals surface area contributed by atoms with Gasteiger partial charge in [-0.25, -0.2) is 4.79 Å². The molecule has 0 aliphatic rings. The van der Waals surface area contributed by atoms with Crippen LogP contribution in [0.1, 0.15) is 31.8 Å². The van der Waals surface area contributed by atoms with Crippen LogP contribution in [-0.4, -0.2) is 18.7 Å². The Hall–Kier alpha value is -3.99. The maximum atomic E-state index is 13.4. The van der Waals surface area contributed by atoms with Crippen LogP contribution in [-0.2, 0) is 0 Å². The molecule has 0 fully saturated rings. The molecular formula is C24H16O5. The van der Waals surface area contributed by atoms with E-state index in [0.717, 1.165) is 0 Å². The van der Waals surface area contributed by atoms with Gasteiger partial charge in [-0.3, -0.25) is 9.59 Å². The van der Waals surface area contributed by atoms with Crippen LogP contribution in [0.15, 0.2) is 88.1 Å². The lowest BCUT2D eigenvalue weighted by Gasteiger charge is -2.11. The Balaban J connectivity index is 2.04. The fraction of sp³-hybridized carbons (Fsp3) is 0.0417. The molecule has 4 aromatic rings. The molecule has 0 aliphatic carbocycles. The van der Waals surface area contributed by atoms with Crippen molar-refractivity contribution in [1.82, 2.24) is 0 Å². The summed E-state index contributed by atoms with van der Waals surface area (Å²) in [5.74, 6) is -0.509. The number of ketones is 2. The molecule has 5 heteroatoms. The van der Waals surface area contributed by atoms with Gasteiger partial charge in [-0.15, -0.1) is 0 Å². The van der Waals surface area contributed by atoms with Crippen LogP contribution in [0.5, 0.6) is 5.75 Å². The first-order valence-electron chi connectivity index (χ1n) is 8.94. The normalized spacial score (nSPS) is 10.7. The molecule has 0 bridgehead atoms. The standard InChI is InChI=1S/C24H16O5/c1-28-17-12-13-18-19(14-17)29-24(27)21(23(26)16-10-6-3-7-11-16)20(18)22(25)15-8-4-2-5-9-15/h2-14H,1H3. The highest BCUT2D eigenvalue weighted by Gasteiger charge is 2.27. The molecule has 29 heavy (non-hydrogen) atoms. The predicted molar refractivity (Wildman–Crippen MR) is 109 cm³/mol. The monoisotopic (exact) mass is 384 g/mol. The second-order valence-electron chi connectivity index (χ2n) is 6.39. The highest BCUT2D eigenvalue weighted by Crippen LogP contribution is 2.27. The number of carbonyl (C=O) groups is 2. The molecule has 0 N–H and O–H groups in total. The molecule has 4 rings (SSSR count). The summed E-state index contributed by atoms with van der Waals surface area (Å²) in [5.41, 5.74) is -0.258. The van der Waals surface area contributed by atoms with Gasteiger partial charge in [0.15, 0.2) is 5.78 Å². The van der Waals surface area contributed by atoms with Gasteiger partial charge in [-0.05, 0) is 12.1 Å². The van der Waals surface area contributed by atoms with E-state index >= 15 is 0 Å². The third-order valence-electron chi connectivity index (χ3n) is 4.64. The zero-order chi connectivity index (χ0) is 20.4. The Kier molecular flexibility index (Phi) is 4.79. The van der Waals surface area contributed by atoms with Crippen LogP contribution >= 0.6 is 0 Å². The molecule has 0 unspecified atom stereocenters. The van der Waals surface area contributed by atoms with Crippen molar-refractivity contribution in [2.75, 3.05) is 7.11 Å². The zero-order valence-electron chi connectivity index (χ0n) is 15.5. The second-order valence-corrected chi connectivity index (χ2v) is 6.39. The average molecular weight is 384 g/mol. The van der Waals surface area contributed by atoms with Crippen LogP contribution in [0, 0.1) is 0 Å². The number of carbonyl (C=O) groups excluding carboxylic acids is 2. The lowest BCUT2D eigenvalue weighted by atomic mass is 9.92. The van der Waals surface area contributed by atoms with Gasteiger partial charge in [0.1, 0.15) is 16.9 Å². The number of rotatable bonds is 5. The van der Waals surface area contributed by atoms with Crippen molar-refractivity contribution in [2.24, 2.45) is 0 Å². The van der Waals surface area contributed by atoms with Crippen LogP contribution in [0.2, 0.25) is 0 Å². The first-order chi connectivity index (χ1) is 14.1. The van der Waals surface area contributed by atoms with Crippen LogP contribution in [0.3, 0.4) is 0 Å². The highest BCUT2D eigenvalue weighted by molar-refractivity contribution is 6.24. The van der Waals surface area contributed by atoms with Crippen molar-refractivity contribution in [3.63, 3.8) is 0 Å². The van der Waals surface area contributed by atoms with Crippen molar-refractivity contribution in [3.8, 4) is 5.75 Å². The van der Waals surface area contributed by atoms with E-state index < -0.39 is 17.2 Å². The summed E-state index contributed by atoms with van der Waals surface area (Å²) in [4.78, 5) is 39.3. The van der Waals surface area contributed by atoms with E-state index in [2.05, 4.69) is 0 Å². The SMILES string of the molecule is COc1ccc2c(C(=O)c3ccccc3)c(C(=O)c3ccccc3)c(=O)oc2c1. The van der Waals surface area contributed by atoms with E-state index in [9.17, 15) is 14.4 Å². The van der Waals surface area contributed by atoms with Gasteiger partial charge in [0, 0.05) is 22.6 Å². The summed E-state index contributed by atoms with van der Waals surface area (Å²) >= 11 is 0. The van der Waals surface area contributed by atoms with Crippen molar-refractivity contribution in [3.05, 3.63) is 112 Å². The van der Waals surface area contributed by atoms with E-state index in [1.807, 2.05) is 0 Å². The van der Waals surface area contributed by atoms with E-state index in [1.165, 1.54) is 13.2 Å². The molecule has 5 nitrogen and oxygen atoms in total. The second kappa shape index (κ2) is 7.56. The molecule has 0 saturated heterocycles. The first-order valence-corrected chi connectivity index (χ1v) is 8.94. The van der Waals surface area contributed by atoms with Gasteiger partial charge in [0.25, 0.3) is 0 Å².